The van der Waals surface area contributed by atoms with Crippen molar-refractivity contribution in [1.29, 1.82) is 5.26 Å². The van der Waals surface area contributed by atoms with Gasteiger partial charge in [0.05, 0.1) is 23.6 Å². The van der Waals surface area contributed by atoms with Crippen LogP contribution in [0.15, 0.2) is 42.5 Å². The second kappa shape index (κ2) is 7.80. The Labute approximate surface area is 159 Å². The third-order valence-corrected chi connectivity index (χ3v) is 4.60. The van der Waals surface area contributed by atoms with E-state index in [0.717, 1.165) is 37.2 Å². The number of alkyl halides is 3. The molecule has 1 aliphatic rings. The molecule has 1 unspecified atom stereocenters. The Bertz CT molecular complexity index is 904. The number of carbonyl (C=O) groups is 1. The fourth-order valence-electron chi connectivity index (χ4n) is 3.33. The van der Waals surface area contributed by atoms with E-state index in [0.29, 0.717) is 0 Å². The second-order valence-electron chi connectivity index (χ2n) is 6.50. The Morgan fingerprint density at radius 1 is 1.25 bits per heavy atom. The smallest absolute Gasteiger partial charge is 0.420 e. The SMILES string of the molecule is N#Cc1ccc(Oc2ccc(N3CCCC3CC(=O)O)cc2)c(C(F)(F)F)c1. The molecule has 0 saturated carbocycles. The second-order valence-corrected chi connectivity index (χ2v) is 6.50. The first-order valence-electron chi connectivity index (χ1n) is 8.65. The van der Waals surface area contributed by atoms with Crippen molar-refractivity contribution in [3.63, 3.8) is 0 Å². The summed E-state index contributed by atoms with van der Waals surface area (Å²) in [6, 6.07) is 11.2. The Morgan fingerprint density at radius 3 is 2.57 bits per heavy atom. The lowest BCUT2D eigenvalue weighted by Gasteiger charge is -2.26. The van der Waals surface area contributed by atoms with Gasteiger partial charge in [-0.1, -0.05) is 0 Å². The van der Waals surface area contributed by atoms with E-state index in [1.165, 1.54) is 6.07 Å². The van der Waals surface area contributed by atoms with Gasteiger partial charge in [-0.15, -0.1) is 0 Å². The lowest BCUT2D eigenvalue weighted by Crippen LogP contribution is -2.31. The number of aliphatic carboxylic acids is 1. The van der Waals surface area contributed by atoms with Crippen molar-refractivity contribution in [1.82, 2.24) is 0 Å². The minimum absolute atomic E-state index is 0.0401. The standard InChI is InChI=1S/C20H17F3N2O3/c21-20(22,23)17-10-13(12-24)3-8-18(17)28-16-6-4-14(5-7-16)25-9-1-2-15(25)11-19(26)27/h3-8,10,15H,1-2,9,11H2,(H,26,27). The van der Waals surface area contributed by atoms with Crippen LogP contribution in [0.1, 0.15) is 30.4 Å². The third kappa shape index (κ3) is 4.36. The molecular weight excluding hydrogens is 373 g/mol. The first-order chi connectivity index (χ1) is 13.3. The van der Waals surface area contributed by atoms with Crippen LogP contribution in [-0.4, -0.2) is 23.7 Å². The highest BCUT2D eigenvalue weighted by Crippen LogP contribution is 2.39. The molecule has 0 bridgehead atoms. The highest BCUT2D eigenvalue weighted by Gasteiger charge is 2.35. The van der Waals surface area contributed by atoms with Gasteiger partial charge in [-0.05, 0) is 55.3 Å². The first-order valence-corrected chi connectivity index (χ1v) is 8.65. The summed E-state index contributed by atoms with van der Waals surface area (Å²) in [5, 5.41) is 17.8. The van der Waals surface area contributed by atoms with Crippen molar-refractivity contribution in [3.8, 4) is 17.6 Å². The van der Waals surface area contributed by atoms with Crippen LogP contribution >= 0.6 is 0 Å². The van der Waals surface area contributed by atoms with E-state index in [-0.39, 0.29) is 29.5 Å². The molecular formula is C20H17F3N2O3. The normalized spacial score (nSPS) is 16.6. The molecule has 0 amide bonds. The predicted octanol–water partition coefficient (Wildman–Crippen LogP) is 4.81. The van der Waals surface area contributed by atoms with Crippen LogP contribution in [0.5, 0.6) is 11.5 Å². The summed E-state index contributed by atoms with van der Waals surface area (Å²) in [5.74, 6) is -1.03. The molecule has 3 rings (SSSR count). The van der Waals surface area contributed by atoms with Crippen LogP contribution < -0.4 is 9.64 Å². The van der Waals surface area contributed by atoms with Crippen molar-refractivity contribution < 1.29 is 27.8 Å². The number of hydrogen-bond acceptors (Lipinski definition) is 4. The maximum atomic E-state index is 13.2. The average Bonchev–Trinajstić information content (AvgIpc) is 3.09. The maximum Gasteiger partial charge on any atom is 0.420 e. The van der Waals surface area contributed by atoms with Crippen LogP contribution in [0.25, 0.3) is 0 Å². The van der Waals surface area contributed by atoms with E-state index in [9.17, 15) is 18.0 Å². The van der Waals surface area contributed by atoms with Crippen molar-refractivity contribution in [2.75, 3.05) is 11.4 Å². The fourth-order valence-corrected chi connectivity index (χ4v) is 3.33. The number of nitriles is 1. The zero-order valence-electron chi connectivity index (χ0n) is 14.7. The van der Waals surface area contributed by atoms with E-state index in [2.05, 4.69) is 0 Å². The molecule has 1 fully saturated rings. The summed E-state index contributed by atoms with van der Waals surface area (Å²) in [6.07, 6.45) is -2.94. The Balaban J connectivity index is 1.80. The molecule has 2 aromatic carbocycles. The summed E-state index contributed by atoms with van der Waals surface area (Å²) in [7, 11) is 0. The van der Waals surface area contributed by atoms with E-state index in [1.807, 2.05) is 4.90 Å². The molecule has 8 heteroatoms. The fraction of sp³-hybridized carbons (Fsp3) is 0.300. The molecule has 28 heavy (non-hydrogen) atoms. The molecule has 0 radical (unpaired) electrons. The molecule has 5 nitrogen and oxygen atoms in total. The molecule has 1 N–H and O–H groups in total. The van der Waals surface area contributed by atoms with Gasteiger partial charge in [0.25, 0.3) is 0 Å². The summed E-state index contributed by atoms with van der Waals surface area (Å²) in [6.45, 7) is 0.728. The summed E-state index contributed by atoms with van der Waals surface area (Å²) >= 11 is 0. The monoisotopic (exact) mass is 390 g/mol. The largest absolute Gasteiger partial charge is 0.481 e. The minimum atomic E-state index is -4.65. The number of benzene rings is 2. The summed E-state index contributed by atoms with van der Waals surface area (Å²) in [4.78, 5) is 13.0. The van der Waals surface area contributed by atoms with E-state index >= 15 is 0 Å². The van der Waals surface area contributed by atoms with Crippen molar-refractivity contribution in [2.24, 2.45) is 0 Å². The Kier molecular flexibility index (Phi) is 5.45. The minimum Gasteiger partial charge on any atom is -0.481 e. The number of carboxylic acids is 1. The van der Waals surface area contributed by atoms with Gasteiger partial charge in [0.2, 0.25) is 0 Å². The van der Waals surface area contributed by atoms with Crippen molar-refractivity contribution in [3.05, 3.63) is 53.6 Å². The Morgan fingerprint density at radius 2 is 1.96 bits per heavy atom. The Hall–Kier alpha value is -3.21. The van der Waals surface area contributed by atoms with E-state index in [1.54, 1.807) is 30.3 Å². The van der Waals surface area contributed by atoms with E-state index < -0.39 is 17.7 Å². The molecule has 1 saturated heterocycles. The first kappa shape index (κ1) is 19.5. The van der Waals surface area contributed by atoms with Gasteiger partial charge in [-0.25, -0.2) is 0 Å². The molecule has 0 aliphatic carbocycles. The van der Waals surface area contributed by atoms with Crippen LogP contribution in [0.3, 0.4) is 0 Å². The van der Waals surface area contributed by atoms with Gasteiger partial charge in [0.1, 0.15) is 11.5 Å². The zero-order valence-corrected chi connectivity index (χ0v) is 14.7. The average molecular weight is 390 g/mol. The van der Waals surface area contributed by atoms with Gasteiger partial charge in [-0.2, -0.15) is 18.4 Å². The topological polar surface area (TPSA) is 73.6 Å². The van der Waals surface area contributed by atoms with Gasteiger partial charge < -0.3 is 14.7 Å². The number of carboxylic acid groups (broad SMARTS) is 1. The highest BCUT2D eigenvalue weighted by atomic mass is 19.4. The lowest BCUT2D eigenvalue weighted by atomic mass is 10.1. The van der Waals surface area contributed by atoms with Crippen LogP contribution in [0.2, 0.25) is 0 Å². The van der Waals surface area contributed by atoms with Crippen LogP contribution in [0, 0.1) is 11.3 Å². The molecule has 1 atom stereocenters. The van der Waals surface area contributed by atoms with Crippen LogP contribution in [-0.2, 0) is 11.0 Å². The third-order valence-electron chi connectivity index (χ3n) is 4.60. The number of anilines is 1. The lowest BCUT2D eigenvalue weighted by molar-refractivity contribution is -0.139. The summed E-state index contributed by atoms with van der Waals surface area (Å²) in [5.41, 5.74) is -0.322. The van der Waals surface area contributed by atoms with Gasteiger partial charge >= 0.3 is 12.1 Å². The van der Waals surface area contributed by atoms with Gasteiger partial charge in [0, 0.05) is 18.3 Å². The molecule has 1 heterocycles. The molecule has 2 aromatic rings. The number of ether oxygens (including phenoxy) is 1. The quantitative estimate of drug-likeness (QED) is 0.793. The summed E-state index contributed by atoms with van der Waals surface area (Å²) < 4.78 is 45.1. The number of rotatable bonds is 5. The van der Waals surface area contributed by atoms with Crippen LogP contribution in [0.4, 0.5) is 18.9 Å². The predicted molar refractivity (Wildman–Crippen MR) is 95.3 cm³/mol. The molecule has 1 aliphatic heterocycles. The van der Waals surface area contributed by atoms with Crippen molar-refractivity contribution >= 4 is 11.7 Å². The molecule has 0 spiro atoms. The number of hydrogen-bond donors (Lipinski definition) is 1. The van der Waals surface area contributed by atoms with E-state index in [4.69, 9.17) is 15.1 Å². The number of halogens is 3. The zero-order chi connectivity index (χ0) is 20.3. The van der Waals surface area contributed by atoms with Crippen molar-refractivity contribution in [2.45, 2.75) is 31.5 Å². The number of nitrogens with zero attached hydrogens (tertiary/aromatic N) is 2. The molecule has 0 aromatic heterocycles. The molecule has 146 valence electrons. The van der Waals surface area contributed by atoms with Gasteiger partial charge in [0.15, 0.2) is 0 Å². The maximum absolute atomic E-state index is 13.2. The van der Waals surface area contributed by atoms with Gasteiger partial charge in [-0.3, -0.25) is 4.79 Å². The highest BCUT2D eigenvalue weighted by molar-refractivity contribution is 5.69.